The summed E-state index contributed by atoms with van der Waals surface area (Å²) in [6, 6.07) is 1.58. The Morgan fingerprint density at radius 1 is 1.11 bits per heavy atom. The second-order valence-electron chi connectivity index (χ2n) is 7.62. The van der Waals surface area contributed by atoms with Crippen molar-refractivity contribution in [2.75, 3.05) is 13.1 Å². The third-order valence-electron chi connectivity index (χ3n) is 5.77. The topological polar surface area (TPSA) is 29.3 Å². The van der Waals surface area contributed by atoms with Crippen LogP contribution in [0.15, 0.2) is 0 Å². The van der Waals surface area contributed by atoms with Gasteiger partial charge in [-0.1, -0.05) is 27.2 Å². The maximum atomic E-state index is 5.94. The Hall–Kier alpha value is -0.0800. The van der Waals surface area contributed by atoms with Gasteiger partial charge in [0.2, 0.25) is 0 Å². The Morgan fingerprint density at radius 2 is 1.84 bits per heavy atom. The van der Waals surface area contributed by atoms with Gasteiger partial charge in [0.05, 0.1) is 0 Å². The number of piperidine rings is 1. The summed E-state index contributed by atoms with van der Waals surface area (Å²) >= 11 is 0. The van der Waals surface area contributed by atoms with Gasteiger partial charge in [-0.2, -0.15) is 0 Å². The molecule has 2 N–H and O–H groups in total. The molecule has 112 valence electrons. The Morgan fingerprint density at radius 3 is 2.47 bits per heavy atom. The quantitative estimate of drug-likeness (QED) is 0.847. The monoisotopic (exact) mass is 266 g/mol. The zero-order valence-corrected chi connectivity index (χ0v) is 13.4. The van der Waals surface area contributed by atoms with Crippen molar-refractivity contribution in [1.29, 1.82) is 0 Å². The van der Waals surface area contributed by atoms with E-state index in [4.69, 9.17) is 5.73 Å². The molecule has 1 aliphatic heterocycles. The van der Waals surface area contributed by atoms with E-state index in [0.717, 1.165) is 42.3 Å². The minimum absolute atomic E-state index is 0.737. The van der Waals surface area contributed by atoms with E-state index in [9.17, 15) is 0 Å². The number of hydrogen-bond acceptors (Lipinski definition) is 2. The van der Waals surface area contributed by atoms with Gasteiger partial charge in [0.1, 0.15) is 0 Å². The number of rotatable bonds is 3. The standard InChI is InChI=1S/C17H34N2/c1-12(2)16-8-5-13(3)9-17(16)19-11-15(10-18)7-6-14(19)4/h12-17H,5-11,18H2,1-4H3. The van der Waals surface area contributed by atoms with Crippen molar-refractivity contribution in [3.05, 3.63) is 0 Å². The van der Waals surface area contributed by atoms with Crippen molar-refractivity contribution in [1.82, 2.24) is 4.90 Å². The maximum Gasteiger partial charge on any atom is 0.0131 e. The van der Waals surface area contributed by atoms with E-state index in [2.05, 4.69) is 32.6 Å². The molecule has 5 atom stereocenters. The van der Waals surface area contributed by atoms with Crippen molar-refractivity contribution in [3.63, 3.8) is 0 Å². The molecule has 1 saturated carbocycles. The molecule has 0 aromatic heterocycles. The number of nitrogens with two attached hydrogens (primary N) is 1. The highest BCUT2D eigenvalue weighted by Crippen LogP contribution is 2.39. The smallest absolute Gasteiger partial charge is 0.0131 e. The van der Waals surface area contributed by atoms with Gasteiger partial charge < -0.3 is 5.73 Å². The molecule has 2 fully saturated rings. The largest absolute Gasteiger partial charge is 0.330 e. The van der Waals surface area contributed by atoms with E-state index in [-0.39, 0.29) is 0 Å². The molecule has 1 aliphatic carbocycles. The van der Waals surface area contributed by atoms with E-state index in [1.54, 1.807) is 0 Å². The first kappa shape index (κ1) is 15.3. The van der Waals surface area contributed by atoms with Gasteiger partial charge in [-0.15, -0.1) is 0 Å². The highest BCUT2D eigenvalue weighted by Gasteiger charge is 2.38. The summed E-state index contributed by atoms with van der Waals surface area (Å²) in [6.45, 7) is 11.8. The highest BCUT2D eigenvalue weighted by molar-refractivity contribution is 4.92. The predicted molar refractivity (Wildman–Crippen MR) is 83.1 cm³/mol. The van der Waals surface area contributed by atoms with Gasteiger partial charge in [0.15, 0.2) is 0 Å². The van der Waals surface area contributed by atoms with Gasteiger partial charge >= 0.3 is 0 Å². The highest BCUT2D eigenvalue weighted by atomic mass is 15.2. The molecule has 1 heterocycles. The van der Waals surface area contributed by atoms with Crippen LogP contribution in [0.2, 0.25) is 0 Å². The summed E-state index contributed by atoms with van der Waals surface area (Å²) in [5.74, 6) is 3.37. The molecular weight excluding hydrogens is 232 g/mol. The first-order valence-electron chi connectivity index (χ1n) is 8.48. The molecule has 2 rings (SSSR count). The Kier molecular flexibility index (Phi) is 5.30. The summed E-state index contributed by atoms with van der Waals surface area (Å²) < 4.78 is 0. The summed E-state index contributed by atoms with van der Waals surface area (Å²) in [4.78, 5) is 2.83. The fourth-order valence-corrected chi connectivity index (χ4v) is 4.40. The van der Waals surface area contributed by atoms with Gasteiger partial charge in [-0.05, 0) is 62.8 Å². The van der Waals surface area contributed by atoms with E-state index in [1.165, 1.54) is 38.6 Å². The maximum absolute atomic E-state index is 5.94. The van der Waals surface area contributed by atoms with Crippen LogP contribution in [0.4, 0.5) is 0 Å². The minimum atomic E-state index is 0.737. The lowest BCUT2D eigenvalue weighted by Gasteiger charge is -2.49. The normalized spacial score (nSPS) is 41.7. The summed E-state index contributed by atoms with van der Waals surface area (Å²) in [7, 11) is 0. The van der Waals surface area contributed by atoms with Gasteiger partial charge in [-0.25, -0.2) is 0 Å². The molecule has 5 unspecified atom stereocenters. The van der Waals surface area contributed by atoms with E-state index in [1.807, 2.05) is 0 Å². The van der Waals surface area contributed by atoms with Crippen LogP contribution in [0.25, 0.3) is 0 Å². The molecule has 0 amide bonds. The summed E-state index contributed by atoms with van der Waals surface area (Å²) in [5.41, 5.74) is 5.94. The predicted octanol–water partition coefficient (Wildman–Crippen LogP) is 3.51. The first-order chi connectivity index (χ1) is 9.02. The first-order valence-corrected chi connectivity index (χ1v) is 8.48. The molecule has 1 saturated heterocycles. The molecule has 19 heavy (non-hydrogen) atoms. The molecule has 0 bridgehead atoms. The molecule has 0 spiro atoms. The van der Waals surface area contributed by atoms with Crippen molar-refractivity contribution in [2.24, 2.45) is 29.4 Å². The average molecular weight is 266 g/mol. The Labute approximate surface area is 120 Å². The fraction of sp³-hybridized carbons (Fsp3) is 1.00. The number of likely N-dealkylation sites (tertiary alicyclic amines) is 1. The second kappa shape index (κ2) is 6.58. The van der Waals surface area contributed by atoms with Crippen LogP contribution in [0.5, 0.6) is 0 Å². The zero-order valence-electron chi connectivity index (χ0n) is 13.4. The second-order valence-corrected chi connectivity index (χ2v) is 7.62. The van der Waals surface area contributed by atoms with E-state index < -0.39 is 0 Å². The lowest BCUT2D eigenvalue weighted by molar-refractivity contribution is 0.000192. The van der Waals surface area contributed by atoms with Crippen LogP contribution < -0.4 is 5.73 Å². The van der Waals surface area contributed by atoms with Crippen LogP contribution in [-0.4, -0.2) is 30.1 Å². The SMILES string of the molecule is CC1CCC(C(C)C)C(N2CC(CN)CCC2C)C1. The van der Waals surface area contributed by atoms with Crippen molar-refractivity contribution >= 4 is 0 Å². The fourth-order valence-electron chi connectivity index (χ4n) is 4.40. The van der Waals surface area contributed by atoms with Gasteiger partial charge in [-0.3, -0.25) is 4.90 Å². The van der Waals surface area contributed by atoms with Crippen LogP contribution in [0, 0.1) is 23.7 Å². The van der Waals surface area contributed by atoms with Crippen LogP contribution in [0.1, 0.15) is 59.8 Å². The summed E-state index contributed by atoms with van der Waals surface area (Å²) in [5, 5.41) is 0. The summed E-state index contributed by atoms with van der Waals surface area (Å²) in [6.07, 6.45) is 6.95. The number of nitrogens with zero attached hydrogens (tertiary/aromatic N) is 1. The Balaban J connectivity index is 2.10. The zero-order chi connectivity index (χ0) is 14.0. The van der Waals surface area contributed by atoms with Gasteiger partial charge in [0.25, 0.3) is 0 Å². The van der Waals surface area contributed by atoms with Crippen molar-refractivity contribution < 1.29 is 0 Å². The molecule has 0 radical (unpaired) electrons. The minimum Gasteiger partial charge on any atom is -0.330 e. The molecular formula is C17H34N2. The number of hydrogen-bond donors (Lipinski definition) is 1. The van der Waals surface area contributed by atoms with Crippen LogP contribution in [-0.2, 0) is 0 Å². The van der Waals surface area contributed by atoms with Crippen LogP contribution in [0.3, 0.4) is 0 Å². The van der Waals surface area contributed by atoms with Crippen LogP contribution >= 0.6 is 0 Å². The van der Waals surface area contributed by atoms with Crippen molar-refractivity contribution in [2.45, 2.75) is 71.9 Å². The molecule has 2 aliphatic rings. The third kappa shape index (κ3) is 3.52. The third-order valence-corrected chi connectivity index (χ3v) is 5.77. The van der Waals surface area contributed by atoms with E-state index in [0.29, 0.717) is 0 Å². The van der Waals surface area contributed by atoms with Crippen molar-refractivity contribution in [3.8, 4) is 0 Å². The lowest BCUT2D eigenvalue weighted by atomic mass is 9.72. The lowest BCUT2D eigenvalue weighted by Crippen LogP contribution is -2.54. The molecule has 0 aromatic carbocycles. The average Bonchev–Trinajstić information content (AvgIpc) is 2.38. The molecule has 2 nitrogen and oxygen atoms in total. The molecule has 0 aromatic rings. The van der Waals surface area contributed by atoms with Gasteiger partial charge in [0, 0.05) is 18.6 Å². The molecule has 2 heteroatoms. The van der Waals surface area contributed by atoms with E-state index >= 15 is 0 Å². The Bertz CT molecular complexity index is 276.